The molecule has 88 valence electrons. The van der Waals surface area contributed by atoms with Crippen molar-refractivity contribution >= 4 is 0 Å². The van der Waals surface area contributed by atoms with Crippen molar-refractivity contribution in [3.05, 3.63) is 0 Å². The number of rotatable bonds is 4. The van der Waals surface area contributed by atoms with E-state index in [-0.39, 0.29) is 0 Å². The molecule has 3 atom stereocenters. The highest BCUT2D eigenvalue weighted by Crippen LogP contribution is 2.50. The molecule has 2 aliphatic carbocycles. The monoisotopic (exact) mass is 211 g/mol. The smallest absolute Gasteiger partial charge is 0.0652 e. The van der Waals surface area contributed by atoms with Crippen LogP contribution in [0.25, 0.3) is 0 Å². The van der Waals surface area contributed by atoms with E-state index in [0.717, 1.165) is 0 Å². The average Bonchev–Trinajstić information content (AvgIpc) is 2.91. The molecule has 0 aromatic rings. The maximum absolute atomic E-state index is 5.47. The molecule has 0 bridgehead atoms. The van der Waals surface area contributed by atoms with Crippen LogP contribution in [0.4, 0.5) is 0 Å². The van der Waals surface area contributed by atoms with Crippen LogP contribution in [-0.4, -0.2) is 25.3 Å². The molecule has 2 nitrogen and oxygen atoms in total. The minimum absolute atomic E-state index is 0.300. The SMILES string of the molecule is COC1CC(NC(C)C2(C)CC2)C1(C)C. The number of methoxy groups -OCH3 is 1. The van der Waals surface area contributed by atoms with Crippen molar-refractivity contribution in [1.29, 1.82) is 0 Å². The number of hydrogen-bond donors (Lipinski definition) is 1. The number of nitrogens with one attached hydrogen (secondary N) is 1. The highest BCUT2D eigenvalue weighted by Gasteiger charge is 2.51. The third kappa shape index (κ3) is 1.83. The van der Waals surface area contributed by atoms with E-state index in [1.165, 1.54) is 19.3 Å². The molecule has 1 N–H and O–H groups in total. The molecule has 2 fully saturated rings. The summed E-state index contributed by atoms with van der Waals surface area (Å²) in [5.74, 6) is 0. The molecule has 0 aliphatic heterocycles. The Bertz CT molecular complexity index is 245. The molecule has 0 saturated heterocycles. The second-order valence-electron chi connectivity index (χ2n) is 6.38. The lowest BCUT2D eigenvalue weighted by molar-refractivity contribution is -0.101. The van der Waals surface area contributed by atoms with Crippen molar-refractivity contribution in [2.24, 2.45) is 10.8 Å². The molecule has 15 heavy (non-hydrogen) atoms. The highest BCUT2D eigenvalue weighted by atomic mass is 16.5. The van der Waals surface area contributed by atoms with Gasteiger partial charge in [0.05, 0.1) is 6.10 Å². The summed E-state index contributed by atoms with van der Waals surface area (Å²) in [6.07, 6.45) is 4.39. The van der Waals surface area contributed by atoms with Gasteiger partial charge in [-0.05, 0) is 31.6 Å². The van der Waals surface area contributed by atoms with Crippen LogP contribution >= 0.6 is 0 Å². The fourth-order valence-corrected chi connectivity index (χ4v) is 2.70. The molecule has 0 spiro atoms. The molecule has 2 rings (SSSR count). The van der Waals surface area contributed by atoms with Crippen LogP contribution in [0.5, 0.6) is 0 Å². The predicted octanol–water partition coefficient (Wildman–Crippen LogP) is 2.58. The van der Waals surface area contributed by atoms with Gasteiger partial charge in [-0.25, -0.2) is 0 Å². The van der Waals surface area contributed by atoms with E-state index in [1.54, 1.807) is 0 Å². The molecule has 0 radical (unpaired) electrons. The van der Waals surface area contributed by atoms with Gasteiger partial charge < -0.3 is 10.1 Å². The average molecular weight is 211 g/mol. The summed E-state index contributed by atoms with van der Waals surface area (Å²) in [5, 5.41) is 3.79. The second-order valence-corrected chi connectivity index (χ2v) is 6.38. The first-order valence-corrected chi connectivity index (χ1v) is 6.19. The molecule has 0 aromatic carbocycles. The summed E-state index contributed by atoms with van der Waals surface area (Å²) >= 11 is 0. The molecule has 2 heteroatoms. The summed E-state index contributed by atoms with van der Waals surface area (Å²) in [6.45, 7) is 9.35. The van der Waals surface area contributed by atoms with Crippen LogP contribution in [0.15, 0.2) is 0 Å². The Morgan fingerprint density at radius 1 is 1.27 bits per heavy atom. The van der Waals surface area contributed by atoms with Crippen LogP contribution in [0.3, 0.4) is 0 Å². The molecule has 0 aromatic heterocycles. The Kier molecular flexibility index (Phi) is 2.63. The van der Waals surface area contributed by atoms with Gasteiger partial charge in [-0.1, -0.05) is 20.8 Å². The number of ether oxygens (including phenoxy) is 1. The van der Waals surface area contributed by atoms with E-state index < -0.39 is 0 Å². The Morgan fingerprint density at radius 3 is 2.27 bits per heavy atom. The minimum atomic E-state index is 0.300. The summed E-state index contributed by atoms with van der Waals surface area (Å²) in [4.78, 5) is 0. The van der Waals surface area contributed by atoms with Crippen LogP contribution < -0.4 is 5.32 Å². The van der Waals surface area contributed by atoms with Gasteiger partial charge in [-0.15, -0.1) is 0 Å². The van der Waals surface area contributed by atoms with Gasteiger partial charge >= 0.3 is 0 Å². The lowest BCUT2D eigenvalue weighted by Crippen LogP contribution is -2.63. The first-order valence-electron chi connectivity index (χ1n) is 6.19. The van der Waals surface area contributed by atoms with Crippen molar-refractivity contribution in [2.45, 2.75) is 65.1 Å². The summed E-state index contributed by atoms with van der Waals surface area (Å²) in [5.41, 5.74) is 0.877. The predicted molar refractivity (Wildman–Crippen MR) is 62.9 cm³/mol. The largest absolute Gasteiger partial charge is 0.381 e. The Labute approximate surface area is 93.8 Å². The van der Waals surface area contributed by atoms with Gasteiger partial charge in [0.2, 0.25) is 0 Å². The molecular weight excluding hydrogens is 186 g/mol. The standard InChI is InChI=1S/C13H25NO/c1-9(13(4)6-7-13)14-10-8-11(15-5)12(10,2)3/h9-11,14H,6-8H2,1-5H3. The molecule has 0 heterocycles. The van der Waals surface area contributed by atoms with E-state index in [2.05, 4.69) is 33.0 Å². The van der Waals surface area contributed by atoms with Crippen LogP contribution in [0.1, 0.15) is 47.0 Å². The minimum Gasteiger partial charge on any atom is -0.381 e. The summed E-state index contributed by atoms with van der Waals surface area (Å²) in [6, 6.07) is 1.29. The van der Waals surface area contributed by atoms with Crippen molar-refractivity contribution < 1.29 is 4.74 Å². The van der Waals surface area contributed by atoms with Crippen molar-refractivity contribution in [3.63, 3.8) is 0 Å². The van der Waals surface area contributed by atoms with Gasteiger partial charge in [0.1, 0.15) is 0 Å². The van der Waals surface area contributed by atoms with Crippen molar-refractivity contribution in [1.82, 2.24) is 5.32 Å². The summed E-state index contributed by atoms with van der Waals surface area (Å²) in [7, 11) is 1.83. The van der Waals surface area contributed by atoms with Crippen molar-refractivity contribution in [2.75, 3.05) is 7.11 Å². The quantitative estimate of drug-likeness (QED) is 0.771. The maximum atomic E-state index is 5.47. The van der Waals surface area contributed by atoms with Gasteiger partial charge in [-0.2, -0.15) is 0 Å². The second kappa shape index (κ2) is 3.46. The Balaban J connectivity index is 1.87. The van der Waals surface area contributed by atoms with E-state index in [9.17, 15) is 0 Å². The molecule has 2 aliphatic rings. The fraction of sp³-hybridized carbons (Fsp3) is 1.00. The third-order valence-electron chi connectivity index (χ3n) is 5.00. The topological polar surface area (TPSA) is 21.3 Å². The van der Waals surface area contributed by atoms with Gasteiger partial charge in [0, 0.05) is 24.6 Å². The van der Waals surface area contributed by atoms with E-state index in [0.29, 0.717) is 29.0 Å². The van der Waals surface area contributed by atoms with Crippen LogP contribution in [-0.2, 0) is 4.74 Å². The van der Waals surface area contributed by atoms with Gasteiger partial charge in [0.15, 0.2) is 0 Å². The van der Waals surface area contributed by atoms with Crippen molar-refractivity contribution in [3.8, 4) is 0 Å². The lowest BCUT2D eigenvalue weighted by Gasteiger charge is -2.52. The fourth-order valence-electron chi connectivity index (χ4n) is 2.70. The summed E-state index contributed by atoms with van der Waals surface area (Å²) < 4.78 is 5.47. The zero-order valence-corrected chi connectivity index (χ0v) is 10.8. The molecule has 2 saturated carbocycles. The van der Waals surface area contributed by atoms with Gasteiger partial charge in [0.25, 0.3) is 0 Å². The zero-order valence-electron chi connectivity index (χ0n) is 10.8. The lowest BCUT2D eigenvalue weighted by atomic mass is 9.64. The maximum Gasteiger partial charge on any atom is 0.0652 e. The molecule has 0 amide bonds. The van der Waals surface area contributed by atoms with E-state index >= 15 is 0 Å². The first kappa shape index (κ1) is 11.4. The van der Waals surface area contributed by atoms with Gasteiger partial charge in [-0.3, -0.25) is 0 Å². The third-order valence-corrected chi connectivity index (χ3v) is 5.00. The van der Waals surface area contributed by atoms with E-state index in [4.69, 9.17) is 4.74 Å². The van der Waals surface area contributed by atoms with E-state index in [1.807, 2.05) is 7.11 Å². The molecule has 3 unspecified atom stereocenters. The Morgan fingerprint density at radius 2 is 1.87 bits per heavy atom. The first-order chi connectivity index (χ1) is 6.90. The zero-order chi connectivity index (χ0) is 11.3. The molecular formula is C13H25NO. The Hall–Kier alpha value is -0.0800. The van der Waals surface area contributed by atoms with Crippen LogP contribution in [0.2, 0.25) is 0 Å². The highest BCUT2D eigenvalue weighted by molar-refractivity contribution is 5.06. The number of hydrogen-bond acceptors (Lipinski definition) is 2. The normalized spacial score (nSPS) is 38.2. The van der Waals surface area contributed by atoms with Crippen LogP contribution in [0, 0.1) is 10.8 Å².